The largest absolute Gasteiger partial charge is 0.497 e. The Morgan fingerprint density at radius 3 is 2.26 bits per heavy atom. The highest BCUT2D eigenvalue weighted by Crippen LogP contribution is 2.28. The summed E-state index contributed by atoms with van der Waals surface area (Å²) in [5.74, 6) is 2.06. The summed E-state index contributed by atoms with van der Waals surface area (Å²) in [5.41, 5.74) is 3.92. The SMILES string of the molecule is COc1cc(Nc2ccc3ncc(-c4ccccc4)nc3n2)cc(OC)c1. The predicted octanol–water partition coefficient (Wildman–Crippen LogP) is 4.45. The minimum Gasteiger partial charge on any atom is -0.497 e. The molecule has 0 fully saturated rings. The van der Waals surface area contributed by atoms with Crippen molar-refractivity contribution in [2.45, 2.75) is 0 Å². The molecule has 2 aromatic carbocycles. The molecule has 0 aliphatic rings. The van der Waals surface area contributed by atoms with Crippen LogP contribution in [0.25, 0.3) is 22.4 Å². The van der Waals surface area contributed by atoms with Gasteiger partial charge in [-0.2, -0.15) is 0 Å². The topological polar surface area (TPSA) is 69.2 Å². The van der Waals surface area contributed by atoms with Crippen LogP contribution in [-0.4, -0.2) is 29.2 Å². The molecule has 0 aliphatic carbocycles. The minimum absolute atomic E-state index is 0.580. The first-order valence-corrected chi connectivity index (χ1v) is 8.44. The van der Waals surface area contributed by atoms with Gasteiger partial charge in [0.25, 0.3) is 0 Å². The summed E-state index contributed by atoms with van der Waals surface area (Å²) >= 11 is 0. The fourth-order valence-corrected chi connectivity index (χ4v) is 2.74. The predicted molar refractivity (Wildman–Crippen MR) is 106 cm³/mol. The van der Waals surface area contributed by atoms with Crippen LogP contribution >= 0.6 is 0 Å². The average molecular weight is 358 g/mol. The highest BCUT2D eigenvalue weighted by Gasteiger charge is 2.07. The number of aromatic nitrogens is 3. The Hall–Kier alpha value is -3.67. The van der Waals surface area contributed by atoms with Crippen LogP contribution in [0.5, 0.6) is 11.5 Å². The third-order valence-corrected chi connectivity index (χ3v) is 4.10. The molecule has 0 spiro atoms. The van der Waals surface area contributed by atoms with Gasteiger partial charge in [0.1, 0.15) is 22.8 Å². The molecular weight excluding hydrogens is 340 g/mol. The van der Waals surface area contributed by atoms with Gasteiger partial charge in [-0.15, -0.1) is 0 Å². The first kappa shape index (κ1) is 16.8. The molecule has 0 bridgehead atoms. The maximum absolute atomic E-state index is 5.31. The molecule has 2 aromatic heterocycles. The van der Waals surface area contributed by atoms with E-state index < -0.39 is 0 Å². The van der Waals surface area contributed by atoms with E-state index in [1.807, 2.05) is 60.7 Å². The molecule has 0 aliphatic heterocycles. The number of methoxy groups -OCH3 is 2. The number of fused-ring (bicyclic) bond motifs is 1. The normalized spacial score (nSPS) is 10.6. The molecule has 0 amide bonds. The lowest BCUT2D eigenvalue weighted by Gasteiger charge is -2.10. The van der Waals surface area contributed by atoms with Gasteiger partial charge >= 0.3 is 0 Å². The second kappa shape index (κ2) is 7.29. The maximum atomic E-state index is 5.31. The van der Waals surface area contributed by atoms with Crippen molar-refractivity contribution in [1.29, 1.82) is 0 Å². The molecule has 27 heavy (non-hydrogen) atoms. The van der Waals surface area contributed by atoms with Crippen molar-refractivity contribution in [2.24, 2.45) is 0 Å². The molecule has 0 saturated heterocycles. The molecule has 0 radical (unpaired) electrons. The Bertz CT molecular complexity index is 1060. The number of anilines is 2. The van der Waals surface area contributed by atoms with Gasteiger partial charge in [-0.3, -0.25) is 4.98 Å². The van der Waals surface area contributed by atoms with E-state index in [1.165, 1.54) is 0 Å². The Morgan fingerprint density at radius 2 is 1.56 bits per heavy atom. The van der Waals surface area contributed by atoms with Gasteiger partial charge in [0.15, 0.2) is 5.65 Å². The smallest absolute Gasteiger partial charge is 0.180 e. The first-order valence-electron chi connectivity index (χ1n) is 8.44. The quantitative estimate of drug-likeness (QED) is 0.568. The van der Waals surface area contributed by atoms with Crippen LogP contribution in [0, 0.1) is 0 Å². The van der Waals surface area contributed by atoms with Gasteiger partial charge in [0.05, 0.1) is 26.1 Å². The lowest BCUT2D eigenvalue weighted by Crippen LogP contribution is -1.98. The molecular formula is C21H18N4O2. The number of benzene rings is 2. The van der Waals surface area contributed by atoms with Gasteiger partial charge < -0.3 is 14.8 Å². The summed E-state index contributed by atoms with van der Waals surface area (Å²) in [6.45, 7) is 0. The summed E-state index contributed by atoms with van der Waals surface area (Å²) in [6, 6.07) is 19.2. The van der Waals surface area contributed by atoms with Crippen molar-refractivity contribution in [3.63, 3.8) is 0 Å². The van der Waals surface area contributed by atoms with Crippen molar-refractivity contribution in [3.05, 3.63) is 66.9 Å². The molecule has 4 rings (SSSR count). The van der Waals surface area contributed by atoms with Gasteiger partial charge in [-0.25, -0.2) is 9.97 Å². The van der Waals surface area contributed by atoms with Crippen LogP contribution in [-0.2, 0) is 0 Å². The Kier molecular flexibility index (Phi) is 4.53. The highest BCUT2D eigenvalue weighted by atomic mass is 16.5. The molecule has 134 valence electrons. The standard InChI is InChI=1S/C21H18N4O2/c1-26-16-10-15(11-17(12-16)27-2)23-20-9-8-18-21(25-20)24-19(13-22-18)14-6-4-3-5-7-14/h3-13H,1-2H3,(H,23,24,25). The molecule has 6 nitrogen and oxygen atoms in total. The van der Waals surface area contributed by atoms with Crippen LogP contribution in [0.2, 0.25) is 0 Å². The highest BCUT2D eigenvalue weighted by molar-refractivity contribution is 5.76. The second-order valence-electron chi connectivity index (χ2n) is 5.89. The fraction of sp³-hybridized carbons (Fsp3) is 0.0952. The summed E-state index contributed by atoms with van der Waals surface area (Å²) in [6.07, 6.45) is 1.76. The number of nitrogens with zero attached hydrogens (tertiary/aromatic N) is 3. The number of rotatable bonds is 5. The lowest BCUT2D eigenvalue weighted by molar-refractivity contribution is 0.395. The third-order valence-electron chi connectivity index (χ3n) is 4.10. The second-order valence-corrected chi connectivity index (χ2v) is 5.89. The van der Waals surface area contributed by atoms with Crippen molar-refractivity contribution >= 4 is 22.7 Å². The van der Waals surface area contributed by atoms with E-state index in [1.54, 1.807) is 20.4 Å². The third kappa shape index (κ3) is 3.64. The summed E-state index contributed by atoms with van der Waals surface area (Å²) in [4.78, 5) is 13.7. The van der Waals surface area contributed by atoms with Crippen LogP contribution in [0.4, 0.5) is 11.5 Å². The lowest BCUT2D eigenvalue weighted by atomic mass is 10.2. The number of ether oxygens (including phenoxy) is 2. The zero-order valence-corrected chi connectivity index (χ0v) is 15.0. The fourth-order valence-electron chi connectivity index (χ4n) is 2.74. The number of hydrogen-bond donors (Lipinski definition) is 1. The monoisotopic (exact) mass is 358 g/mol. The van der Waals surface area contributed by atoms with Crippen molar-refractivity contribution in [1.82, 2.24) is 15.0 Å². The van der Waals surface area contributed by atoms with Crippen LogP contribution < -0.4 is 14.8 Å². The summed E-state index contributed by atoms with van der Waals surface area (Å²) in [7, 11) is 3.24. The Labute approximate surface area is 156 Å². The molecule has 4 aromatic rings. The van der Waals surface area contributed by atoms with Crippen LogP contribution in [0.15, 0.2) is 66.9 Å². The van der Waals surface area contributed by atoms with E-state index in [-0.39, 0.29) is 0 Å². The molecule has 0 saturated carbocycles. The Balaban J connectivity index is 1.69. The van der Waals surface area contributed by atoms with Gasteiger partial charge in [-0.1, -0.05) is 30.3 Å². The molecule has 2 heterocycles. The number of pyridine rings is 1. The summed E-state index contributed by atoms with van der Waals surface area (Å²) < 4.78 is 10.6. The van der Waals surface area contributed by atoms with Crippen LogP contribution in [0.1, 0.15) is 0 Å². The zero-order chi connectivity index (χ0) is 18.6. The van der Waals surface area contributed by atoms with E-state index in [0.717, 1.165) is 22.5 Å². The average Bonchev–Trinajstić information content (AvgIpc) is 2.73. The molecule has 0 atom stereocenters. The van der Waals surface area contributed by atoms with E-state index in [2.05, 4.69) is 20.3 Å². The van der Waals surface area contributed by atoms with Gasteiger partial charge in [-0.05, 0) is 12.1 Å². The van der Waals surface area contributed by atoms with E-state index in [4.69, 9.17) is 9.47 Å². The first-order chi connectivity index (χ1) is 13.2. The zero-order valence-electron chi connectivity index (χ0n) is 15.0. The molecule has 6 heteroatoms. The van der Waals surface area contributed by atoms with Crippen LogP contribution in [0.3, 0.4) is 0 Å². The van der Waals surface area contributed by atoms with Gasteiger partial charge in [0, 0.05) is 29.4 Å². The Morgan fingerprint density at radius 1 is 0.815 bits per heavy atom. The van der Waals surface area contributed by atoms with E-state index >= 15 is 0 Å². The maximum Gasteiger partial charge on any atom is 0.180 e. The summed E-state index contributed by atoms with van der Waals surface area (Å²) in [5, 5.41) is 3.27. The number of hydrogen-bond acceptors (Lipinski definition) is 6. The van der Waals surface area contributed by atoms with E-state index in [0.29, 0.717) is 23.0 Å². The van der Waals surface area contributed by atoms with Gasteiger partial charge in [0.2, 0.25) is 0 Å². The molecule has 1 N–H and O–H groups in total. The van der Waals surface area contributed by atoms with E-state index in [9.17, 15) is 0 Å². The van der Waals surface area contributed by atoms with Crippen molar-refractivity contribution < 1.29 is 9.47 Å². The van der Waals surface area contributed by atoms with Crippen molar-refractivity contribution in [3.8, 4) is 22.8 Å². The van der Waals surface area contributed by atoms with Crippen molar-refractivity contribution in [2.75, 3.05) is 19.5 Å². The minimum atomic E-state index is 0.580. The number of nitrogens with one attached hydrogen (secondary N) is 1. The molecule has 0 unspecified atom stereocenters.